The molecule has 2 atom stereocenters. The average molecular weight is 571 g/mol. The van der Waals surface area contributed by atoms with Crippen molar-refractivity contribution in [2.75, 3.05) is 19.8 Å². The van der Waals surface area contributed by atoms with Crippen LogP contribution < -0.4 is 9.47 Å². The monoisotopic (exact) mass is 570 g/mol. The van der Waals surface area contributed by atoms with Gasteiger partial charge in [-0.3, -0.25) is 0 Å². The first kappa shape index (κ1) is 33.4. The van der Waals surface area contributed by atoms with Gasteiger partial charge in [0.05, 0.1) is 6.61 Å². The molecule has 0 spiro atoms. The van der Waals surface area contributed by atoms with Crippen molar-refractivity contribution in [3.05, 3.63) is 48.3 Å². The summed E-state index contributed by atoms with van der Waals surface area (Å²) in [6.07, 6.45) is 0.396. The van der Waals surface area contributed by atoms with Crippen LogP contribution in [0.4, 0.5) is 17.6 Å². The molecule has 0 radical (unpaired) electrons. The van der Waals surface area contributed by atoms with Crippen molar-refractivity contribution in [2.45, 2.75) is 96.9 Å². The topological polar surface area (TPSA) is 54.0 Å². The third kappa shape index (κ3) is 12.1. The Balaban J connectivity index is 1.84. The van der Waals surface area contributed by atoms with E-state index >= 15 is 0 Å². The van der Waals surface area contributed by atoms with Gasteiger partial charge in [0.2, 0.25) is 0 Å². The molecule has 0 saturated heterocycles. The van der Waals surface area contributed by atoms with Crippen LogP contribution in [0.25, 0.3) is 11.1 Å². The SMILES string of the molecule is CCCCCCCCOc1ccc(-c2ccc(OCC(C)OC(=O)C(OCCCCC)C(F)(F)F)c(F)c2)cc1. The van der Waals surface area contributed by atoms with E-state index in [0.29, 0.717) is 25.0 Å². The first-order valence-corrected chi connectivity index (χ1v) is 14.2. The van der Waals surface area contributed by atoms with E-state index in [4.69, 9.17) is 18.9 Å². The fraction of sp³-hybridized carbons (Fsp3) is 0.581. The molecule has 0 fully saturated rings. The van der Waals surface area contributed by atoms with Crippen molar-refractivity contribution >= 4 is 5.97 Å². The molecule has 0 aliphatic rings. The van der Waals surface area contributed by atoms with Crippen LogP contribution in [0.5, 0.6) is 11.5 Å². The van der Waals surface area contributed by atoms with E-state index in [-0.39, 0.29) is 19.0 Å². The first-order valence-electron chi connectivity index (χ1n) is 14.2. The van der Waals surface area contributed by atoms with Crippen molar-refractivity contribution in [3.8, 4) is 22.6 Å². The predicted octanol–water partition coefficient (Wildman–Crippen LogP) is 8.68. The fourth-order valence-electron chi connectivity index (χ4n) is 3.96. The van der Waals surface area contributed by atoms with E-state index in [1.807, 2.05) is 31.2 Å². The molecular formula is C31H42F4O5. The molecule has 0 aliphatic heterocycles. The van der Waals surface area contributed by atoms with Gasteiger partial charge in [0, 0.05) is 6.61 Å². The number of carbonyl (C=O) groups excluding carboxylic acids is 1. The standard InChI is InChI=1S/C31H42F4O5/c1-4-6-8-9-10-12-19-37-26-16-13-24(14-17-26)25-15-18-28(27(32)21-25)39-22-23(3)40-30(36)29(31(33,34)35)38-20-11-7-5-2/h13-18,21,23,29H,4-12,19-20,22H2,1-3H3. The fourth-order valence-corrected chi connectivity index (χ4v) is 3.96. The number of hydrogen-bond acceptors (Lipinski definition) is 5. The molecule has 0 aliphatic carbocycles. The van der Waals surface area contributed by atoms with E-state index in [0.717, 1.165) is 30.6 Å². The maximum atomic E-state index is 14.7. The molecule has 2 aromatic carbocycles. The number of rotatable bonds is 19. The normalized spacial score (nSPS) is 13.1. The molecule has 2 aromatic rings. The molecule has 0 N–H and O–H groups in total. The van der Waals surface area contributed by atoms with Gasteiger partial charge in [0.15, 0.2) is 11.6 Å². The first-order chi connectivity index (χ1) is 19.2. The van der Waals surface area contributed by atoms with Gasteiger partial charge in [0.25, 0.3) is 6.10 Å². The molecule has 0 aromatic heterocycles. The van der Waals surface area contributed by atoms with Crippen LogP contribution >= 0.6 is 0 Å². The highest BCUT2D eigenvalue weighted by atomic mass is 19.4. The third-order valence-electron chi connectivity index (χ3n) is 6.22. The molecule has 0 saturated carbocycles. The van der Waals surface area contributed by atoms with E-state index in [1.54, 1.807) is 6.07 Å². The Labute approximate surface area is 235 Å². The summed E-state index contributed by atoms with van der Waals surface area (Å²) in [5.41, 5.74) is 1.41. The maximum Gasteiger partial charge on any atom is 0.425 e. The van der Waals surface area contributed by atoms with Gasteiger partial charge in [-0.25, -0.2) is 9.18 Å². The Morgan fingerprint density at radius 1 is 0.800 bits per heavy atom. The quantitative estimate of drug-likeness (QED) is 0.0961. The van der Waals surface area contributed by atoms with Crippen LogP contribution in [0.2, 0.25) is 0 Å². The number of halogens is 4. The average Bonchev–Trinajstić information content (AvgIpc) is 2.91. The van der Waals surface area contributed by atoms with E-state index < -0.39 is 30.2 Å². The molecule has 0 amide bonds. The summed E-state index contributed by atoms with van der Waals surface area (Å²) >= 11 is 0. The minimum Gasteiger partial charge on any atom is -0.494 e. The zero-order valence-electron chi connectivity index (χ0n) is 23.7. The molecule has 0 heterocycles. The maximum absolute atomic E-state index is 14.7. The molecule has 0 bridgehead atoms. The predicted molar refractivity (Wildman–Crippen MR) is 147 cm³/mol. The lowest BCUT2D eigenvalue weighted by molar-refractivity contribution is -0.233. The summed E-state index contributed by atoms with van der Waals surface area (Å²) in [5, 5.41) is 0. The van der Waals surface area contributed by atoms with Gasteiger partial charge < -0.3 is 18.9 Å². The largest absolute Gasteiger partial charge is 0.494 e. The lowest BCUT2D eigenvalue weighted by Gasteiger charge is -2.22. The number of carbonyl (C=O) groups is 1. The number of hydrogen-bond donors (Lipinski definition) is 0. The van der Waals surface area contributed by atoms with Crippen molar-refractivity contribution in [1.29, 1.82) is 0 Å². The molecule has 2 rings (SSSR count). The minimum atomic E-state index is -4.90. The smallest absolute Gasteiger partial charge is 0.425 e. The Kier molecular flexibility index (Phi) is 14.9. The number of esters is 1. The highest BCUT2D eigenvalue weighted by Crippen LogP contribution is 2.28. The number of benzene rings is 2. The van der Waals surface area contributed by atoms with Crippen LogP contribution in [0.15, 0.2) is 42.5 Å². The van der Waals surface area contributed by atoms with Crippen molar-refractivity contribution in [1.82, 2.24) is 0 Å². The lowest BCUT2D eigenvalue weighted by atomic mass is 10.1. The van der Waals surface area contributed by atoms with Crippen LogP contribution in [0.3, 0.4) is 0 Å². The van der Waals surface area contributed by atoms with Gasteiger partial charge in [-0.1, -0.05) is 77.0 Å². The minimum absolute atomic E-state index is 0.103. The van der Waals surface area contributed by atoms with Crippen LogP contribution in [0.1, 0.15) is 78.6 Å². The Hall–Kier alpha value is -2.81. The Morgan fingerprint density at radius 2 is 1.40 bits per heavy atom. The zero-order valence-corrected chi connectivity index (χ0v) is 23.7. The summed E-state index contributed by atoms with van der Waals surface area (Å²) in [7, 11) is 0. The second kappa shape index (κ2) is 17.8. The van der Waals surface area contributed by atoms with Gasteiger partial charge in [-0.2, -0.15) is 13.2 Å². The highest BCUT2D eigenvalue weighted by Gasteiger charge is 2.47. The van der Waals surface area contributed by atoms with Crippen molar-refractivity contribution in [3.63, 3.8) is 0 Å². The summed E-state index contributed by atoms with van der Waals surface area (Å²) in [4.78, 5) is 12.1. The highest BCUT2D eigenvalue weighted by molar-refractivity contribution is 5.75. The molecule has 9 heteroatoms. The van der Waals surface area contributed by atoms with Crippen molar-refractivity contribution in [2.24, 2.45) is 0 Å². The summed E-state index contributed by atoms with van der Waals surface area (Å²) in [6.45, 7) is 5.59. The third-order valence-corrected chi connectivity index (χ3v) is 6.22. The van der Waals surface area contributed by atoms with Crippen LogP contribution in [-0.2, 0) is 14.3 Å². The molecule has 5 nitrogen and oxygen atoms in total. The summed E-state index contributed by atoms with van der Waals surface area (Å²) < 4.78 is 75.2. The molecule has 2 unspecified atom stereocenters. The number of alkyl halides is 3. The number of unbranched alkanes of at least 4 members (excludes halogenated alkanes) is 7. The van der Waals surface area contributed by atoms with E-state index in [2.05, 4.69) is 6.92 Å². The second-order valence-electron chi connectivity index (χ2n) is 9.84. The van der Waals surface area contributed by atoms with Gasteiger partial charge >= 0.3 is 12.1 Å². The van der Waals surface area contributed by atoms with Crippen molar-refractivity contribution < 1.29 is 41.3 Å². The van der Waals surface area contributed by atoms with Crippen LogP contribution in [0, 0.1) is 5.82 Å². The second-order valence-corrected chi connectivity index (χ2v) is 9.84. The van der Waals surface area contributed by atoms with Gasteiger partial charge in [-0.15, -0.1) is 0 Å². The zero-order chi connectivity index (χ0) is 29.4. The van der Waals surface area contributed by atoms with Gasteiger partial charge in [0.1, 0.15) is 18.5 Å². The van der Waals surface area contributed by atoms with Crippen LogP contribution in [-0.4, -0.2) is 44.2 Å². The molecule has 40 heavy (non-hydrogen) atoms. The number of ether oxygens (including phenoxy) is 4. The molecule has 224 valence electrons. The molecular weight excluding hydrogens is 528 g/mol. The Morgan fingerprint density at radius 3 is 2.05 bits per heavy atom. The van der Waals surface area contributed by atoms with E-state index in [9.17, 15) is 22.4 Å². The lowest BCUT2D eigenvalue weighted by Crippen LogP contribution is -2.42. The van der Waals surface area contributed by atoms with E-state index in [1.165, 1.54) is 44.7 Å². The summed E-state index contributed by atoms with van der Waals surface area (Å²) in [6, 6.07) is 11.8. The Bertz CT molecular complexity index is 994. The summed E-state index contributed by atoms with van der Waals surface area (Å²) in [5.74, 6) is -1.55. The van der Waals surface area contributed by atoms with Gasteiger partial charge in [-0.05, 0) is 55.2 Å².